The third-order valence-electron chi connectivity index (χ3n) is 3.96. The van der Waals surface area contributed by atoms with Gasteiger partial charge in [-0.25, -0.2) is 0 Å². The van der Waals surface area contributed by atoms with Crippen molar-refractivity contribution in [3.05, 3.63) is 0 Å². The first-order chi connectivity index (χ1) is 8.38. The summed E-state index contributed by atoms with van der Waals surface area (Å²) in [5, 5.41) is 9.10. The van der Waals surface area contributed by atoms with Crippen LogP contribution in [0.3, 0.4) is 0 Å². The molecular weight excluding hydrogens is 230 g/mol. The minimum Gasteiger partial charge on any atom is -0.481 e. The lowest BCUT2D eigenvalue weighted by atomic mass is 9.90. The quantitative estimate of drug-likeness (QED) is 0.819. The van der Waals surface area contributed by atoms with Crippen LogP contribution in [0.4, 0.5) is 0 Å². The summed E-state index contributed by atoms with van der Waals surface area (Å²) < 4.78 is 0. The van der Waals surface area contributed by atoms with Crippen LogP contribution in [0, 0.1) is 23.7 Å². The van der Waals surface area contributed by atoms with Crippen LogP contribution < -0.4 is 0 Å². The summed E-state index contributed by atoms with van der Waals surface area (Å²) in [6.07, 6.45) is 1.87. The van der Waals surface area contributed by atoms with E-state index in [-0.39, 0.29) is 17.7 Å². The minimum absolute atomic E-state index is 0.0368. The van der Waals surface area contributed by atoms with E-state index in [9.17, 15) is 9.59 Å². The third kappa shape index (κ3) is 3.24. The normalized spacial score (nSPS) is 25.5. The molecule has 3 atom stereocenters. The topological polar surface area (TPSA) is 57.6 Å². The van der Waals surface area contributed by atoms with Gasteiger partial charge < -0.3 is 10.0 Å². The van der Waals surface area contributed by atoms with Crippen LogP contribution >= 0.6 is 0 Å². The second-order valence-electron chi connectivity index (χ2n) is 5.80. The maximum absolute atomic E-state index is 12.4. The summed E-state index contributed by atoms with van der Waals surface area (Å²) in [6, 6.07) is 0. The highest BCUT2D eigenvalue weighted by Crippen LogP contribution is 2.27. The number of aliphatic carboxylic acids is 1. The summed E-state index contributed by atoms with van der Waals surface area (Å²) >= 11 is 0. The lowest BCUT2D eigenvalue weighted by Crippen LogP contribution is -2.37. The van der Waals surface area contributed by atoms with E-state index in [1.807, 2.05) is 6.92 Å². The molecule has 1 aliphatic heterocycles. The van der Waals surface area contributed by atoms with Gasteiger partial charge in [0, 0.05) is 19.0 Å². The number of carbonyl (C=O) groups is 2. The molecule has 0 aromatic carbocycles. The molecule has 1 rings (SSSR count). The lowest BCUT2D eigenvalue weighted by molar-refractivity contribution is -0.142. The summed E-state index contributed by atoms with van der Waals surface area (Å²) in [5.74, 6) is -0.632. The van der Waals surface area contributed by atoms with Crippen LogP contribution in [-0.4, -0.2) is 35.0 Å². The lowest BCUT2D eigenvalue weighted by Gasteiger charge is -2.25. The van der Waals surface area contributed by atoms with Gasteiger partial charge in [0.15, 0.2) is 0 Å². The maximum atomic E-state index is 12.4. The van der Waals surface area contributed by atoms with Gasteiger partial charge in [-0.15, -0.1) is 0 Å². The van der Waals surface area contributed by atoms with Gasteiger partial charge in [0.25, 0.3) is 0 Å². The van der Waals surface area contributed by atoms with E-state index < -0.39 is 11.9 Å². The summed E-state index contributed by atoms with van der Waals surface area (Å²) in [6.45, 7) is 9.08. The molecule has 18 heavy (non-hydrogen) atoms. The van der Waals surface area contributed by atoms with Crippen LogP contribution in [0.25, 0.3) is 0 Å². The predicted molar refractivity (Wildman–Crippen MR) is 70.1 cm³/mol. The van der Waals surface area contributed by atoms with E-state index in [0.29, 0.717) is 19.0 Å². The Balaban J connectivity index is 2.70. The Kier molecular flexibility index (Phi) is 5.17. The highest BCUT2D eigenvalue weighted by molar-refractivity contribution is 5.81. The molecule has 1 fully saturated rings. The molecule has 0 aromatic rings. The summed E-state index contributed by atoms with van der Waals surface area (Å²) in [7, 11) is 0. The molecule has 0 aliphatic carbocycles. The van der Waals surface area contributed by atoms with E-state index in [2.05, 4.69) is 20.8 Å². The highest BCUT2D eigenvalue weighted by atomic mass is 16.4. The van der Waals surface area contributed by atoms with Crippen molar-refractivity contribution in [3.63, 3.8) is 0 Å². The van der Waals surface area contributed by atoms with Crippen LogP contribution in [-0.2, 0) is 9.59 Å². The smallest absolute Gasteiger partial charge is 0.308 e. The summed E-state index contributed by atoms with van der Waals surface area (Å²) in [5.41, 5.74) is 0. The second-order valence-corrected chi connectivity index (χ2v) is 5.80. The molecular formula is C14H25NO3. The van der Waals surface area contributed by atoms with E-state index >= 15 is 0 Å². The Hall–Kier alpha value is -1.06. The van der Waals surface area contributed by atoms with Gasteiger partial charge in [-0.05, 0) is 18.3 Å². The van der Waals surface area contributed by atoms with Gasteiger partial charge in [-0.1, -0.05) is 34.1 Å². The van der Waals surface area contributed by atoms with Crippen molar-refractivity contribution in [2.45, 2.75) is 40.5 Å². The number of carbonyl (C=O) groups excluding carboxylic acids is 1. The van der Waals surface area contributed by atoms with Crippen molar-refractivity contribution in [2.24, 2.45) is 23.7 Å². The zero-order chi connectivity index (χ0) is 13.9. The van der Waals surface area contributed by atoms with E-state index in [1.54, 1.807) is 4.90 Å². The van der Waals surface area contributed by atoms with E-state index in [4.69, 9.17) is 5.11 Å². The average Bonchev–Trinajstić information content (AvgIpc) is 2.67. The molecule has 4 nitrogen and oxygen atoms in total. The Labute approximate surface area is 109 Å². The third-order valence-corrected chi connectivity index (χ3v) is 3.96. The fraction of sp³-hybridized carbons (Fsp3) is 0.857. The maximum Gasteiger partial charge on any atom is 0.308 e. The molecule has 1 aliphatic rings. The highest BCUT2D eigenvalue weighted by Gasteiger charge is 2.39. The number of nitrogens with zero attached hydrogens (tertiary/aromatic N) is 1. The van der Waals surface area contributed by atoms with Crippen molar-refractivity contribution in [1.82, 2.24) is 4.90 Å². The fourth-order valence-corrected chi connectivity index (χ4v) is 2.76. The number of hydrogen-bond donors (Lipinski definition) is 1. The molecule has 0 aromatic heterocycles. The Morgan fingerprint density at radius 1 is 1.33 bits per heavy atom. The Morgan fingerprint density at radius 3 is 2.33 bits per heavy atom. The van der Waals surface area contributed by atoms with Crippen molar-refractivity contribution >= 4 is 11.9 Å². The first kappa shape index (κ1) is 15.0. The molecule has 0 spiro atoms. The molecule has 4 heteroatoms. The standard InChI is InChI=1S/C14H25NO3/c1-5-6-11(9(2)3)13(16)15-7-10(4)12(8-15)14(17)18/h9-12H,5-8H2,1-4H3,(H,17,18)/t10-,11?,12-/m1/s1. The van der Waals surface area contributed by atoms with Crippen LogP contribution in [0.15, 0.2) is 0 Å². The number of amides is 1. The summed E-state index contributed by atoms with van der Waals surface area (Å²) in [4.78, 5) is 25.2. The number of rotatable bonds is 5. The molecule has 0 saturated carbocycles. The molecule has 0 bridgehead atoms. The zero-order valence-electron chi connectivity index (χ0n) is 11.8. The van der Waals surface area contributed by atoms with E-state index in [1.165, 1.54) is 0 Å². The fourth-order valence-electron chi connectivity index (χ4n) is 2.76. The Morgan fingerprint density at radius 2 is 1.94 bits per heavy atom. The minimum atomic E-state index is -0.783. The first-order valence-electron chi connectivity index (χ1n) is 6.90. The van der Waals surface area contributed by atoms with Gasteiger partial charge in [0.2, 0.25) is 5.91 Å². The van der Waals surface area contributed by atoms with Gasteiger partial charge in [0.05, 0.1) is 5.92 Å². The second kappa shape index (κ2) is 6.21. The van der Waals surface area contributed by atoms with Gasteiger partial charge >= 0.3 is 5.97 Å². The van der Waals surface area contributed by atoms with E-state index in [0.717, 1.165) is 12.8 Å². The largest absolute Gasteiger partial charge is 0.481 e. The molecule has 1 saturated heterocycles. The van der Waals surface area contributed by atoms with Gasteiger partial charge in [0.1, 0.15) is 0 Å². The van der Waals surface area contributed by atoms with Crippen LogP contribution in [0.1, 0.15) is 40.5 Å². The van der Waals surface area contributed by atoms with Crippen molar-refractivity contribution < 1.29 is 14.7 Å². The number of likely N-dealkylation sites (tertiary alicyclic amines) is 1. The molecule has 104 valence electrons. The number of hydrogen-bond acceptors (Lipinski definition) is 2. The number of carboxylic acids is 1. The Bertz CT molecular complexity index is 314. The molecule has 1 unspecified atom stereocenters. The average molecular weight is 255 g/mol. The predicted octanol–water partition coefficient (Wildman–Crippen LogP) is 2.24. The SMILES string of the molecule is CCCC(C(=O)N1C[C@@H](C)[C@H](C(=O)O)C1)C(C)C. The molecule has 1 amide bonds. The van der Waals surface area contributed by atoms with Crippen molar-refractivity contribution in [3.8, 4) is 0 Å². The molecule has 0 radical (unpaired) electrons. The zero-order valence-corrected chi connectivity index (χ0v) is 11.8. The van der Waals surface area contributed by atoms with Crippen LogP contribution in [0.2, 0.25) is 0 Å². The molecule has 1 heterocycles. The van der Waals surface area contributed by atoms with Crippen molar-refractivity contribution in [1.29, 1.82) is 0 Å². The van der Waals surface area contributed by atoms with Crippen LogP contribution in [0.5, 0.6) is 0 Å². The molecule has 1 N–H and O–H groups in total. The van der Waals surface area contributed by atoms with Gasteiger partial charge in [-0.3, -0.25) is 9.59 Å². The van der Waals surface area contributed by atoms with Gasteiger partial charge in [-0.2, -0.15) is 0 Å². The van der Waals surface area contributed by atoms with Crippen molar-refractivity contribution in [2.75, 3.05) is 13.1 Å². The number of carboxylic acid groups (broad SMARTS) is 1. The monoisotopic (exact) mass is 255 g/mol. The first-order valence-corrected chi connectivity index (χ1v) is 6.90.